The van der Waals surface area contributed by atoms with Gasteiger partial charge in [-0.05, 0) is 37.3 Å². The predicted octanol–water partition coefficient (Wildman–Crippen LogP) is 4.83. The number of nitrogens with zero attached hydrogens (tertiary/aromatic N) is 2. The second-order valence-corrected chi connectivity index (χ2v) is 6.75. The van der Waals surface area contributed by atoms with Gasteiger partial charge >= 0.3 is 0 Å². The van der Waals surface area contributed by atoms with E-state index in [1.807, 2.05) is 37.3 Å². The Morgan fingerprint density at radius 2 is 2.00 bits per heavy atom. The molecule has 3 aromatic rings. The number of hydrogen-bond acceptors (Lipinski definition) is 3. The number of benzene rings is 2. The van der Waals surface area contributed by atoms with Crippen molar-refractivity contribution >= 4 is 21.8 Å². The lowest BCUT2D eigenvalue weighted by molar-refractivity contribution is -0.130. The Bertz CT molecular complexity index is 896. The van der Waals surface area contributed by atoms with Gasteiger partial charge in [0.15, 0.2) is 0 Å². The van der Waals surface area contributed by atoms with Crippen LogP contribution in [0.15, 0.2) is 63.7 Å². The largest absolute Gasteiger partial charge is 0.444 e. The van der Waals surface area contributed by atoms with E-state index < -0.39 is 0 Å². The van der Waals surface area contributed by atoms with Gasteiger partial charge in [0.2, 0.25) is 11.8 Å². The summed E-state index contributed by atoms with van der Waals surface area (Å²) in [7, 11) is 0. The molecule has 0 N–H and O–H groups in total. The van der Waals surface area contributed by atoms with Crippen molar-refractivity contribution in [2.24, 2.45) is 0 Å². The van der Waals surface area contributed by atoms with Gasteiger partial charge in [-0.3, -0.25) is 4.79 Å². The van der Waals surface area contributed by atoms with Crippen LogP contribution in [-0.2, 0) is 17.8 Å². The van der Waals surface area contributed by atoms with Crippen molar-refractivity contribution in [1.29, 1.82) is 0 Å². The summed E-state index contributed by atoms with van der Waals surface area (Å²) in [6.07, 6.45) is 1.60. The van der Waals surface area contributed by atoms with Crippen LogP contribution in [0.5, 0.6) is 0 Å². The number of halogens is 2. The fourth-order valence-electron chi connectivity index (χ4n) is 2.61. The SMILES string of the molecule is CCN(Cc1cc(Br)ccc1F)C(=O)Cc1coc(-c2ccccc2)n1. The first-order valence-corrected chi connectivity index (χ1v) is 9.07. The van der Waals surface area contributed by atoms with E-state index in [4.69, 9.17) is 4.42 Å². The summed E-state index contributed by atoms with van der Waals surface area (Å²) < 4.78 is 20.2. The topological polar surface area (TPSA) is 46.3 Å². The van der Waals surface area contributed by atoms with E-state index in [9.17, 15) is 9.18 Å². The molecule has 6 heteroatoms. The zero-order valence-electron chi connectivity index (χ0n) is 14.3. The van der Waals surface area contributed by atoms with Crippen molar-refractivity contribution < 1.29 is 13.6 Å². The minimum atomic E-state index is -0.327. The number of carbonyl (C=O) groups is 1. The van der Waals surface area contributed by atoms with Crippen molar-refractivity contribution in [3.63, 3.8) is 0 Å². The molecule has 0 saturated heterocycles. The Hall–Kier alpha value is -2.47. The second kappa shape index (κ2) is 8.27. The lowest BCUT2D eigenvalue weighted by Crippen LogP contribution is -2.32. The molecule has 26 heavy (non-hydrogen) atoms. The summed E-state index contributed by atoms with van der Waals surface area (Å²) in [5.41, 5.74) is 1.89. The summed E-state index contributed by atoms with van der Waals surface area (Å²) >= 11 is 3.33. The summed E-state index contributed by atoms with van der Waals surface area (Å²) in [5.74, 6) is 0.0292. The van der Waals surface area contributed by atoms with E-state index in [1.165, 1.54) is 12.3 Å². The highest BCUT2D eigenvalue weighted by atomic mass is 79.9. The first-order valence-electron chi connectivity index (χ1n) is 8.28. The van der Waals surface area contributed by atoms with Gasteiger partial charge in [-0.25, -0.2) is 9.37 Å². The zero-order valence-corrected chi connectivity index (χ0v) is 15.9. The van der Waals surface area contributed by atoms with Gasteiger partial charge in [0, 0.05) is 28.7 Å². The first kappa shape index (κ1) is 18.3. The monoisotopic (exact) mass is 416 g/mol. The van der Waals surface area contributed by atoms with Gasteiger partial charge in [-0.1, -0.05) is 34.1 Å². The van der Waals surface area contributed by atoms with Gasteiger partial charge in [-0.15, -0.1) is 0 Å². The smallest absolute Gasteiger partial charge is 0.229 e. The number of rotatable bonds is 6. The highest BCUT2D eigenvalue weighted by Crippen LogP contribution is 2.20. The van der Waals surface area contributed by atoms with Crippen molar-refractivity contribution in [2.75, 3.05) is 6.54 Å². The molecular formula is C20H18BrFN2O2. The fraction of sp³-hybridized carbons (Fsp3) is 0.200. The number of hydrogen-bond donors (Lipinski definition) is 0. The Morgan fingerprint density at radius 1 is 1.23 bits per heavy atom. The molecular weight excluding hydrogens is 399 g/mol. The molecule has 0 bridgehead atoms. The van der Waals surface area contributed by atoms with Crippen molar-refractivity contribution in [2.45, 2.75) is 19.9 Å². The number of carbonyl (C=O) groups excluding carboxylic acids is 1. The van der Waals surface area contributed by atoms with Crippen LogP contribution in [-0.4, -0.2) is 22.3 Å². The second-order valence-electron chi connectivity index (χ2n) is 5.83. The molecule has 0 spiro atoms. The van der Waals surface area contributed by atoms with E-state index >= 15 is 0 Å². The van der Waals surface area contributed by atoms with Crippen molar-refractivity contribution in [3.8, 4) is 11.5 Å². The van der Waals surface area contributed by atoms with Crippen LogP contribution < -0.4 is 0 Å². The van der Waals surface area contributed by atoms with E-state index in [-0.39, 0.29) is 24.7 Å². The van der Waals surface area contributed by atoms with Gasteiger partial charge in [0.1, 0.15) is 12.1 Å². The molecule has 0 atom stereocenters. The van der Waals surface area contributed by atoms with Crippen LogP contribution in [0.3, 0.4) is 0 Å². The van der Waals surface area contributed by atoms with Gasteiger partial charge in [-0.2, -0.15) is 0 Å². The average molecular weight is 417 g/mol. The van der Waals surface area contributed by atoms with E-state index in [0.717, 1.165) is 10.0 Å². The summed E-state index contributed by atoms with van der Waals surface area (Å²) in [6.45, 7) is 2.56. The molecule has 1 amide bonds. The van der Waals surface area contributed by atoms with Crippen LogP contribution in [0.4, 0.5) is 4.39 Å². The molecule has 0 aliphatic carbocycles. The summed E-state index contributed by atoms with van der Waals surface area (Å²) in [4.78, 5) is 18.6. The van der Waals surface area contributed by atoms with Crippen LogP contribution >= 0.6 is 15.9 Å². The van der Waals surface area contributed by atoms with Crippen molar-refractivity contribution in [1.82, 2.24) is 9.88 Å². The minimum absolute atomic E-state index is 0.111. The zero-order chi connectivity index (χ0) is 18.5. The molecule has 3 rings (SSSR count). The molecule has 0 aliphatic heterocycles. The molecule has 134 valence electrons. The maximum atomic E-state index is 14.0. The predicted molar refractivity (Wildman–Crippen MR) is 101 cm³/mol. The number of likely N-dealkylation sites (N-methyl/N-ethyl adjacent to an activating group) is 1. The lowest BCUT2D eigenvalue weighted by Gasteiger charge is -2.21. The summed E-state index contributed by atoms with van der Waals surface area (Å²) in [6, 6.07) is 14.2. The third kappa shape index (κ3) is 4.38. The number of aromatic nitrogens is 1. The average Bonchev–Trinajstić information content (AvgIpc) is 3.11. The van der Waals surface area contributed by atoms with E-state index in [1.54, 1.807) is 17.0 Å². The Balaban J connectivity index is 1.70. The highest BCUT2D eigenvalue weighted by Gasteiger charge is 2.17. The molecule has 0 unspecified atom stereocenters. The first-order chi connectivity index (χ1) is 12.6. The molecule has 2 aromatic carbocycles. The van der Waals surface area contributed by atoms with E-state index in [2.05, 4.69) is 20.9 Å². The van der Waals surface area contributed by atoms with Gasteiger partial charge < -0.3 is 9.32 Å². The van der Waals surface area contributed by atoms with Crippen molar-refractivity contribution in [3.05, 3.63) is 76.3 Å². The third-order valence-corrected chi connectivity index (χ3v) is 4.50. The molecule has 0 radical (unpaired) electrons. The molecule has 0 aliphatic rings. The normalized spacial score (nSPS) is 10.7. The van der Waals surface area contributed by atoms with Crippen LogP contribution in [0.1, 0.15) is 18.2 Å². The third-order valence-electron chi connectivity index (χ3n) is 4.01. The van der Waals surface area contributed by atoms with Gasteiger partial charge in [0.05, 0.1) is 12.1 Å². The number of amides is 1. The maximum Gasteiger partial charge on any atom is 0.229 e. The molecule has 0 saturated carbocycles. The maximum absolute atomic E-state index is 14.0. The Morgan fingerprint density at radius 3 is 2.73 bits per heavy atom. The molecule has 4 nitrogen and oxygen atoms in total. The van der Waals surface area contributed by atoms with Crippen LogP contribution in [0.2, 0.25) is 0 Å². The molecule has 1 aromatic heterocycles. The Kier molecular flexibility index (Phi) is 5.83. The minimum Gasteiger partial charge on any atom is -0.444 e. The van der Waals surface area contributed by atoms with Gasteiger partial charge in [0.25, 0.3) is 0 Å². The van der Waals surface area contributed by atoms with Crippen LogP contribution in [0.25, 0.3) is 11.5 Å². The lowest BCUT2D eigenvalue weighted by atomic mass is 10.2. The van der Waals surface area contributed by atoms with Crippen LogP contribution in [0, 0.1) is 5.82 Å². The van der Waals surface area contributed by atoms with E-state index in [0.29, 0.717) is 23.7 Å². The molecule has 0 fully saturated rings. The Labute approximate surface area is 159 Å². The molecule has 1 heterocycles. The number of oxazole rings is 1. The standard InChI is InChI=1S/C20H18BrFN2O2/c1-2-24(12-15-10-16(21)8-9-18(15)22)19(25)11-17-13-26-20(23-17)14-6-4-3-5-7-14/h3-10,13H,2,11-12H2,1H3. The highest BCUT2D eigenvalue weighted by molar-refractivity contribution is 9.10. The quantitative estimate of drug-likeness (QED) is 0.577. The fourth-order valence-corrected chi connectivity index (χ4v) is 3.02. The summed E-state index contributed by atoms with van der Waals surface area (Å²) in [5, 5.41) is 0.